The van der Waals surface area contributed by atoms with Crippen molar-refractivity contribution in [2.75, 3.05) is 6.54 Å². The first kappa shape index (κ1) is 15.1. The molecule has 0 fully saturated rings. The number of aliphatic carboxylic acids is 1. The highest BCUT2D eigenvalue weighted by Gasteiger charge is 2.38. The largest absolute Gasteiger partial charge is 0.480 e. The van der Waals surface area contributed by atoms with Gasteiger partial charge in [-0.25, -0.2) is 4.79 Å². The SMILES string of the molecule is CCN(C(=O)c1cc2cc(C)ccc2o1)C(C)(C)C(=O)O. The molecular weight excluding hydrogens is 270 g/mol. The Morgan fingerprint density at radius 3 is 2.52 bits per heavy atom. The van der Waals surface area contributed by atoms with Gasteiger partial charge in [-0.05, 0) is 45.9 Å². The molecule has 0 atom stereocenters. The van der Waals surface area contributed by atoms with E-state index >= 15 is 0 Å². The molecule has 1 aromatic heterocycles. The molecule has 1 N–H and O–H groups in total. The molecule has 0 saturated heterocycles. The summed E-state index contributed by atoms with van der Waals surface area (Å²) in [6, 6.07) is 7.29. The molecule has 0 aliphatic heterocycles. The highest BCUT2D eigenvalue weighted by atomic mass is 16.4. The number of amides is 1. The van der Waals surface area contributed by atoms with Crippen LogP contribution in [0.25, 0.3) is 11.0 Å². The zero-order valence-electron chi connectivity index (χ0n) is 12.6. The van der Waals surface area contributed by atoms with E-state index in [0.29, 0.717) is 5.58 Å². The molecule has 5 nitrogen and oxygen atoms in total. The van der Waals surface area contributed by atoms with Crippen LogP contribution < -0.4 is 0 Å². The lowest BCUT2D eigenvalue weighted by Gasteiger charge is -2.33. The van der Waals surface area contributed by atoms with Crippen molar-refractivity contribution in [3.05, 3.63) is 35.6 Å². The summed E-state index contributed by atoms with van der Waals surface area (Å²) in [7, 11) is 0. The smallest absolute Gasteiger partial charge is 0.329 e. The molecule has 0 aliphatic rings. The molecule has 0 bridgehead atoms. The first-order chi connectivity index (χ1) is 9.77. The number of hydrogen-bond donors (Lipinski definition) is 1. The van der Waals surface area contributed by atoms with Gasteiger partial charge in [0.2, 0.25) is 0 Å². The predicted octanol–water partition coefficient (Wildman–Crippen LogP) is 3.07. The molecule has 1 heterocycles. The molecule has 0 radical (unpaired) electrons. The topological polar surface area (TPSA) is 70.8 Å². The van der Waals surface area contributed by atoms with Crippen molar-refractivity contribution >= 4 is 22.8 Å². The Balaban J connectivity index is 2.42. The Morgan fingerprint density at radius 1 is 1.29 bits per heavy atom. The minimum absolute atomic E-state index is 0.159. The molecule has 0 unspecified atom stereocenters. The summed E-state index contributed by atoms with van der Waals surface area (Å²) < 4.78 is 5.56. The molecule has 0 spiro atoms. The van der Waals surface area contributed by atoms with E-state index in [2.05, 4.69) is 0 Å². The number of hydrogen-bond acceptors (Lipinski definition) is 3. The summed E-state index contributed by atoms with van der Waals surface area (Å²) in [4.78, 5) is 25.2. The minimum Gasteiger partial charge on any atom is -0.480 e. The summed E-state index contributed by atoms with van der Waals surface area (Å²) in [5.74, 6) is -1.31. The fraction of sp³-hybridized carbons (Fsp3) is 0.375. The Morgan fingerprint density at radius 2 is 1.95 bits per heavy atom. The van der Waals surface area contributed by atoms with Crippen LogP contribution in [-0.4, -0.2) is 34.0 Å². The van der Waals surface area contributed by atoms with Gasteiger partial charge in [-0.3, -0.25) is 4.79 Å². The van der Waals surface area contributed by atoms with Crippen molar-refractivity contribution in [3.63, 3.8) is 0 Å². The standard InChI is InChI=1S/C16H19NO4/c1-5-17(16(3,4)15(19)20)14(18)13-9-11-8-10(2)6-7-12(11)21-13/h6-9H,5H2,1-4H3,(H,19,20). The van der Waals surface area contributed by atoms with Crippen LogP contribution in [0.1, 0.15) is 36.9 Å². The van der Waals surface area contributed by atoms with Crippen LogP contribution in [-0.2, 0) is 4.79 Å². The van der Waals surface area contributed by atoms with E-state index in [1.807, 2.05) is 19.1 Å². The molecule has 5 heteroatoms. The maximum Gasteiger partial charge on any atom is 0.329 e. The van der Waals surface area contributed by atoms with Gasteiger partial charge in [0.25, 0.3) is 5.91 Å². The van der Waals surface area contributed by atoms with Gasteiger partial charge in [0, 0.05) is 11.9 Å². The molecule has 2 aromatic rings. The van der Waals surface area contributed by atoms with E-state index in [1.54, 1.807) is 19.1 Å². The molecule has 1 amide bonds. The molecule has 1 aromatic carbocycles. The van der Waals surface area contributed by atoms with E-state index in [1.165, 1.54) is 18.7 Å². The number of carbonyl (C=O) groups is 2. The van der Waals surface area contributed by atoms with Crippen LogP contribution in [0.3, 0.4) is 0 Å². The fourth-order valence-electron chi connectivity index (χ4n) is 2.31. The Bertz CT molecular complexity index is 699. The average molecular weight is 289 g/mol. The van der Waals surface area contributed by atoms with Crippen molar-refractivity contribution in [2.45, 2.75) is 33.2 Å². The fourth-order valence-corrected chi connectivity index (χ4v) is 2.31. The van der Waals surface area contributed by atoms with Crippen molar-refractivity contribution in [1.82, 2.24) is 4.90 Å². The van der Waals surface area contributed by atoms with Gasteiger partial charge in [-0.15, -0.1) is 0 Å². The van der Waals surface area contributed by atoms with E-state index in [4.69, 9.17) is 4.42 Å². The highest BCUT2D eigenvalue weighted by molar-refractivity contribution is 5.98. The number of nitrogens with zero attached hydrogens (tertiary/aromatic N) is 1. The number of likely N-dealkylation sites (N-methyl/N-ethyl adjacent to an activating group) is 1. The number of carboxylic acid groups (broad SMARTS) is 1. The lowest BCUT2D eigenvalue weighted by Crippen LogP contribution is -2.52. The first-order valence-corrected chi connectivity index (χ1v) is 6.83. The predicted molar refractivity (Wildman–Crippen MR) is 79.4 cm³/mol. The molecular formula is C16H19NO4. The number of carbonyl (C=O) groups excluding carboxylic acids is 1. The number of carboxylic acids is 1. The van der Waals surface area contributed by atoms with Gasteiger partial charge in [0.15, 0.2) is 5.76 Å². The lowest BCUT2D eigenvalue weighted by molar-refractivity contribution is -0.147. The monoisotopic (exact) mass is 289 g/mol. The maximum atomic E-state index is 12.6. The maximum absolute atomic E-state index is 12.6. The third kappa shape index (κ3) is 2.63. The normalized spacial score (nSPS) is 11.6. The van der Waals surface area contributed by atoms with Crippen molar-refractivity contribution in [2.24, 2.45) is 0 Å². The van der Waals surface area contributed by atoms with Gasteiger partial charge in [0.1, 0.15) is 11.1 Å². The number of aryl methyl sites for hydroxylation is 1. The zero-order chi connectivity index (χ0) is 15.8. The third-order valence-electron chi connectivity index (χ3n) is 3.64. The second kappa shape index (κ2) is 5.24. The first-order valence-electron chi connectivity index (χ1n) is 6.83. The average Bonchev–Trinajstić information content (AvgIpc) is 2.81. The van der Waals surface area contributed by atoms with Gasteiger partial charge in [-0.2, -0.15) is 0 Å². The summed E-state index contributed by atoms with van der Waals surface area (Å²) in [6.45, 7) is 7.00. The molecule has 112 valence electrons. The van der Waals surface area contributed by atoms with Gasteiger partial charge in [0.05, 0.1) is 0 Å². The third-order valence-corrected chi connectivity index (χ3v) is 3.64. The number of furan rings is 1. The van der Waals surface area contributed by atoms with Gasteiger partial charge in [-0.1, -0.05) is 11.6 Å². The lowest BCUT2D eigenvalue weighted by atomic mass is 10.0. The molecule has 0 saturated carbocycles. The quantitative estimate of drug-likeness (QED) is 0.939. The van der Waals surface area contributed by atoms with Crippen LogP contribution in [0.2, 0.25) is 0 Å². The Kier molecular flexibility index (Phi) is 3.77. The number of benzene rings is 1. The number of fused-ring (bicyclic) bond motifs is 1. The molecule has 0 aliphatic carbocycles. The van der Waals surface area contributed by atoms with Crippen LogP contribution in [0, 0.1) is 6.92 Å². The van der Waals surface area contributed by atoms with E-state index < -0.39 is 17.4 Å². The zero-order valence-corrected chi connectivity index (χ0v) is 12.6. The van der Waals surface area contributed by atoms with Crippen LogP contribution in [0.4, 0.5) is 0 Å². The van der Waals surface area contributed by atoms with Crippen molar-refractivity contribution in [3.8, 4) is 0 Å². The minimum atomic E-state index is -1.29. The molecule has 2 rings (SSSR count). The van der Waals surface area contributed by atoms with Gasteiger partial charge >= 0.3 is 5.97 Å². The highest BCUT2D eigenvalue weighted by Crippen LogP contribution is 2.24. The second-order valence-electron chi connectivity index (χ2n) is 5.57. The van der Waals surface area contributed by atoms with E-state index in [-0.39, 0.29) is 12.3 Å². The second-order valence-corrected chi connectivity index (χ2v) is 5.57. The summed E-state index contributed by atoms with van der Waals surface area (Å²) in [5, 5.41) is 10.1. The summed E-state index contributed by atoms with van der Waals surface area (Å²) in [6.07, 6.45) is 0. The van der Waals surface area contributed by atoms with E-state index in [9.17, 15) is 14.7 Å². The summed E-state index contributed by atoms with van der Waals surface area (Å²) >= 11 is 0. The summed E-state index contributed by atoms with van der Waals surface area (Å²) in [5.41, 5.74) is 0.398. The Labute approximate surface area is 123 Å². The van der Waals surface area contributed by atoms with Crippen molar-refractivity contribution in [1.29, 1.82) is 0 Å². The Hall–Kier alpha value is -2.30. The number of rotatable bonds is 4. The van der Waals surface area contributed by atoms with E-state index in [0.717, 1.165) is 10.9 Å². The van der Waals surface area contributed by atoms with Gasteiger partial charge < -0.3 is 14.4 Å². The van der Waals surface area contributed by atoms with Crippen LogP contribution in [0.15, 0.2) is 28.7 Å². The van der Waals surface area contributed by atoms with Crippen molar-refractivity contribution < 1.29 is 19.1 Å². The molecule has 21 heavy (non-hydrogen) atoms. The van der Waals surface area contributed by atoms with Crippen LogP contribution in [0.5, 0.6) is 0 Å². The van der Waals surface area contributed by atoms with Crippen LogP contribution >= 0.6 is 0 Å².